The molecule has 0 saturated heterocycles. The number of pyridine rings is 1. The predicted molar refractivity (Wildman–Crippen MR) is 235 cm³/mol. The Hall–Kier alpha value is -7.94. The van der Waals surface area contributed by atoms with Gasteiger partial charge in [0.25, 0.3) is 0 Å². The molecular weight excluding hydrogens is 695 g/mol. The Kier molecular flexibility index (Phi) is 7.48. The number of hydrogen-bond donors (Lipinski definition) is 0. The van der Waals surface area contributed by atoms with Crippen LogP contribution in [-0.4, -0.2) is 19.5 Å². The normalized spacial score (nSPS) is 11.5. The number of para-hydroxylation sites is 3. The van der Waals surface area contributed by atoms with Crippen LogP contribution in [0.3, 0.4) is 0 Å². The first kappa shape index (κ1) is 32.5. The molecule has 0 bridgehead atoms. The van der Waals surface area contributed by atoms with Crippen molar-refractivity contribution in [2.45, 2.75) is 0 Å². The summed E-state index contributed by atoms with van der Waals surface area (Å²) in [5.41, 5.74) is 13.3. The number of rotatable bonds is 5. The van der Waals surface area contributed by atoms with Crippen molar-refractivity contribution in [3.63, 3.8) is 0 Å². The Balaban J connectivity index is 1.15. The highest BCUT2D eigenvalue weighted by atomic mass is 15.0. The zero-order valence-electron chi connectivity index (χ0n) is 30.6. The Morgan fingerprint density at radius 2 is 0.930 bits per heavy atom. The van der Waals surface area contributed by atoms with Crippen LogP contribution in [0.2, 0.25) is 0 Å². The highest BCUT2D eigenvalue weighted by Gasteiger charge is 2.22. The fraction of sp³-hybridized carbons (Fsp3) is 0. The summed E-state index contributed by atoms with van der Waals surface area (Å²) < 4.78 is 2.34. The summed E-state index contributed by atoms with van der Waals surface area (Å²) in [4.78, 5) is 20.2. The van der Waals surface area contributed by atoms with Crippen LogP contribution in [0.5, 0.6) is 0 Å². The molecule has 3 aromatic heterocycles. The monoisotopic (exact) mass is 725 g/mol. The quantitative estimate of drug-likeness (QED) is 0.131. The van der Waals surface area contributed by atoms with Crippen LogP contribution in [0.1, 0.15) is 0 Å². The van der Waals surface area contributed by atoms with Gasteiger partial charge >= 0.3 is 0 Å². The van der Waals surface area contributed by atoms with E-state index >= 15 is 0 Å². The first-order valence-electron chi connectivity index (χ1n) is 19.0. The molecule has 11 rings (SSSR count). The van der Waals surface area contributed by atoms with Gasteiger partial charge in [0.2, 0.25) is 5.69 Å². The molecule has 0 aliphatic carbocycles. The molecule has 11 aromatic rings. The van der Waals surface area contributed by atoms with Crippen molar-refractivity contribution in [1.82, 2.24) is 19.5 Å². The Morgan fingerprint density at radius 1 is 0.404 bits per heavy atom. The van der Waals surface area contributed by atoms with Crippen molar-refractivity contribution in [2.24, 2.45) is 0 Å². The van der Waals surface area contributed by atoms with Gasteiger partial charge in [-0.25, -0.2) is 14.8 Å². The molecule has 264 valence electrons. The fourth-order valence-corrected chi connectivity index (χ4v) is 8.43. The number of aromatic nitrogens is 4. The van der Waals surface area contributed by atoms with E-state index in [1.54, 1.807) is 0 Å². The van der Waals surface area contributed by atoms with Gasteiger partial charge in [0, 0.05) is 49.3 Å². The topological polar surface area (TPSA) is 48.0 Å². The minimum Gasteiger partial charge on any atom is -0.309 e. The minimum atomic E-state index is 0.438. The molecule has 0 spiro atoms. The molecule has 3 heterocycles. The molecule has 5 nitrogen and oxygen atoms in total. The zero-order chi connectivity index (χ0) is 37.9. The van der Waals surface area contributed by atoms with E-state index in [1.807, 2.05) is 66.7 Å². The SMILES string of the molecule is [C-]#[N+]c1cc2c(-c3ccccc3-c3ccc(-n4c5ccccc5c5ccccc54)cc3)nc3ccccc3c2c2nc(-c3ccccc3)c(-c3ccccc3)nc12. The van der Waals surface area contributed by atoms with Crippen LogP contribution >= 0.6 is 0 Å². The molecule has 0 atom stereocenters. The number of nitrogens with zero attached hydrogens (tertiary/aromatic N) is 5. The van der Waals surface area contributed by atoms with Crippen LogP contribution < -0.4 is 0 Å². The van der Waals surface area contributed by atoms with Gasteiger partial charge in [-0.1, -0.05) is 152 Å². The smallest absolute Gasteiger partial charge is 0.215 e. The Morgan fingerprint density at radius 3 is 1.56 bits per heavy atom. The summed E-state index contributed by atoms with van der Waals surface area (Å²) in [5.74, 6) is 0. The Bertz CT molecular complexity index is 3340. The van der Waals surface area contributed by atoms with Gasteiger partial charge in [-0.2, -0.15) is 0 Å². The maximum absolute atomic E-state index is 8.42. The second kappa shape index (κ2) is 13.1. The Labute approximate surface area is 328 Å². The van der Waals surface area contributed by atoms with Gasteiger partial charge in [-0.15, -0.1) is 0 Å². The molecule has 0 aliphatic heterocycles. The predicted octanol–water partition coefficient (Wildman–Crippen LogP) is 13.6. The maximum Gasteiger partial charge on any atom is 0.215 e. The third kappa shape index (κ3) is 5.20. The van der Waals surface area contributed by atoms with E-state index in [1.165, 1.54) is 21.8 Å². The molecule has 0 amide bonds. The van der Waals surface area contributed by atoms with Crippen molar-refractivity contribution in [1.29, 1.82) is 0 Å². The molecule has 0 unspecified atom stereocenters. The van der Waals surface area contributed by atoms with Gasteiger partial charge in [0.1, 0.15) is 0 Å². The van der Waals surface area contributed by atoms with Crippen LogP contribution in [0.4, 0.5) is 5.69 Å². The number of fused-ring (bicyclic) bond motifs is 8. The lowest BCUT2D eigenvalue weighted by Gasteiger charge is -2.17. The fourth-order valence-electron chi connectivity index (χ4n) is 8.43. The molecular formula is C52H31N5. The van der Waals surface area contributed by atoms with Crippen LogP contribution in [0.15, 0.2) is 188 Å². The van der Waals surface area contributed by atoms with Gasteiger partial charge in [0.05, 0.1) is 51.2 Å². The summed E-state index contributed by atoms with van der Waals surface area (Å²) in [5, 5.41) is 5.23. The van der Waals surface area contributed by atoms with Crippen LogP contribution in [-0.2, 0) is 0 Å². The first-order chi connectivity index (χ1) is 28.2. The van der Waals surface area contributed by atoms with E-state index in [-0.39, 0.29) is 0 Å². The summed E-state index contributed by atoms with van der Waals surface area (Å²) in [6.45, 7) is 8.42. The molecule has 57 heavy (non-hydrogen) atoms. The lowest BCUT2D eigenvalue weighted by atomic mass is 9.92. The number of benzene rings is 8. The number of hydrogen-bond acceptors (Lipinski definition) is 3. The van der Waals surface area contributed by atoms with Gasteiger partial charge in [-0.05, 0) is 47.5 Å². The molecule has 0 radical (unpaired) electrons. The molecule has 5 heteroatoms. The highest BCUT2D eigenvalue weighted by Crippen LogP contribution is 2.44. The minimum absolute atomic E-state index is 0.438. The second-order valence-electron chi connectivity index (χ2n) is 14.2. The third-order valence-electron chi connectivity index (χ3n) is 11.0. The first-order valence-corrected chi connectivity index (χ1v) is 19.0. The van der Waals surface area contributed by atoms with E-state index < -0.39 is 0 Å². The molecule has 0 aliphatic rings. The van der Waals surface area contributed by atoms with Crippen LogP contribution in [0.25, 0.3) is 110 Å². The lowest BCUT2D eigenvalue weighted by molar-refractivity contribution is 1.18. The summed E-state index contributed by atoms with van der Waals surface area (Å²) in [6, 6.07) is 64.8. The molecule has 0 saturated carbocycles. The molecule has 8 aromatic carbocycles. The largest absolute Gasteiger partial charge is 0.309 e. The van der Waals surface area contributed by atoms with Crippen molar-refractivity contribution in [2.75, 3.05) is 0 Å². The average Bonchev–Trinajstić information content (AvgIpc) is 3.63. The summed E-state index contributed by atoms with van der Waals surface area (Å²) in [7, 11) is 0. The van der Waals surface area contributed by atoms with Crippen molar-refractivity contribution in [3.05, 3.63) is 199 Å². The maximum atomic E-state index is 8.42. The van der Waals surface area contributed by atoms with E-state index in [0.717, 1.165) is 72.3 Å². The standard InChI is InChI=1S/C52H31N5/c1-53-44-32-42-47(52-51(44)55-48(34-16-4-2-5-17-34)49(56-52)35-18-6-3-7-19-35)41-24-10-13-25-43(41)54-50(42)40-23-9-8-20-37(40)33-28-30-36(31-29-33)57-45-26-14-11-21-38(45)39-22-12-15-27-46(39)57/h2-32H. The van der Waals surface area contributed by atoms with Crippen molar-refractivity contribution >= 4 is 60.2 Å². The zero-order valence-corrected chi connectivity index (χ0v) is 30.6. The van der Waals surface area contributed by atoms with E-state index in [0.29, 0.717) is 16.7 Å². The van der Waals surface area contributed by atoms with E-state index in [2.05, 4.69) is 131 Å². The van der Waals surface area contributed by atoms with E-state index in [9.17, 15) is 0 Å². The summed E-state index contributed by atoms with van der Waals surface area (Å²) >= 11 is 0. The van der Waals surface area contributed by atoms with Crippen molar-refractivity contribution in [3.8, 4) is 50.6 Å². The third-order valence-corrected chi connectivity index (χ3v) is 11.0. The van der Waals surface area contributed by atoms with Gasteiger partial charge in [-0.3, -0.25) is 4.98 Å². The summed E-state index contributed by atoms with van der Waals surface area (Å²) in [6.07, 6.45) is 0. The highest BCUT2D eigenvalue weighted by molar-refractivity contribution is 6.24. The second-order valence-corrected chi connectivity index (χ2v) is 14.2. The molecule has 0 fully saturated rings. The van der Waals surface area contributed by atoms with E-state index in [4.69, 9.17) is 21.5 Å². The molecule has 0 N–H and O–H groups in total. The van der Waals surface area contributed by atoms with Crippen LogP contribution in [0, 0.1) is 6.57 Å². The van der Waals surface area contributed by atoms with Gasteiger partial charge in [0.15, 0.2) is 0 Å². The van der Waals surface area contributed by atoms with Crippen molar-refractivity contribution < 1.29 is 0 Å². The lowest BCUT2D eigenvalue weighted by Crippen LogP contribution is -1.99. The van der Waals surface area contributed by atoms with Gasteiger partial charge < -0.3 is 4.57 Å². The average molecular weight is 726 g/mol.